The second-order valence-electron chi connectivity index (χ2n) is 19.8. The highest BCUT2D eigenvalue weighted by Gasteiger charge is 2.33. The average Bonchev–Trinajstić information content (AvgIpc) is 1.90. The monoisotopic (exact) mass is 1190 g/mol. The largest absolute Gasteiger partial charge is 0.480 e. The fraction of sp³-hybridized carbons (Fsp3) is 0.500. The maximum absolute atomic E-state index is 14.6. The number of hydrogen-bond acceptors (Lipinski definition) is 15. The first-order valence-corrected chi connectivity index (χ1v) is 28.4. The van der Waals surface area contributed by atoms with Crippen molar-refractivity contribution >= 4 is 70.9 Å². The minimum atomic E-state index is -0.944. The zero-order valence-corrected chi connectivity index (χ0v) is 50.1. The molecule has 1 unspecified atom stereocenters. The number of methoxy groups -OCH3 is 1. The van der Waals surface area contributed by atoms with Gasteiger partial charge in [-0.1, -0.05) is 70.9 Å². The predicted molar refractivity (Wildman–Crippen MR) is 315 cm³/mol. The number of nitrogens with zero attached hydrogens (tertiary/aromatic N) is 3. The molecule has 4 aromatic rings. The van der Waals surface area contributed by atoms with Crippen molar-refractivity contribution in [3.63, 3.8) is 0 Å². The van der Waals surface area contributed by atoms with Crippen LogP contribution in [-0.2, 0) is 89.8 Å². The number of fused-ring (bicyclic) bond motifs is 4. The van der Waals surface area contributed by atoms with Crippen LogP contribution in [0, 0.1) is 18.7 Å². The first-order valence-electron chi connectivity index (χ1n) is 28.4. The maximum atomic E-state index is 14.6. The molecule has 24 nitrogen and oxygen atoms in total. The van der Waals surface area contributed by atoms with Crippen LogP contribution < -0.4 is 43.2 Å². The fourth-order valence-corrected chi connectivity index (χ4v) is 9.39. The normalized spacial score (nSPS) is 13.2. The van der Waals surface area contributed by atoms with Crippen molar-refractivity contribution in [2.45, 2.75) is 137 Å². The molecule has 0 saturated heterocycles. The van der Waals surface area contributed by atoms with Crippen molar-refractivity contribution in [1.82, 2.24) is 46.4 Å². The van der Waals surface area contributed by atoms with Gasteiger partial charge in [0.05, 0.1) is 49.7 Å². The number of benzene rings is 2. The van der Waals surface area contributed by atoms with Crippen LogP contribution in [0.3, 0.4) is 0 Å². The summed E-state index contributed by atoms with van der Waals surface area (Å²) in [4.78, 5) is 132. The van der Waals surface area contributed by atoms with Crippen LogP contribution in [0.4, 0.5) is 4.39 Å². The van der Waals surface area contributed by atoms with Crippen molar-refractivity contribution in [3.8, 4) is 11.4 Å². The molecule has 85 heavy (non-hydrogen) atoms. The second-order valence-corrected chi connectivity index (χ2v) is 19.8. The van der Waals surface area contributed by atoms with Gasteiger partial charge < -0.3 is 61.6 Å². The molecule has 8 amide bonds. The van der Waals surface area contributed by atoms with E-state index in [1.807, 2.05) is 39.8 Å². The van der Waals surface area contributed by atoms with Crippen molar-refractivity contribution < 1.29 is 66.9 Å². The third kappa shape index (κ3) is 21.4. The number of nitrogens with one attached hydrogen (secondary N) is 6. The number of aliphatic carboxylic acids is 1. The summed E-state index contributed by atoms with van der Waals surface area (Å²) in [6.45, 7) is 12.6. The summed E-state index contributed by atoms with van der Waals surface area (Å²) in [5, 5.41) is 23.6. The van der Waals surface area contributed by atoms with Gasteiger partial charge in [0.2, 0.25) is 47.8 Å². The Morgan fingerprint density at radius 1 is 0.918 bits per heavy atom. The quantitative estimate of drug-likeness (QED) is 0.0291. The van der Waals surface area contributed by atoms with E-state index in [9.17, 15) is 57.1 Å². The molecule has 464 valence electrons. The molecule has 0 bridgehead atoms. The number of carbonyl (C=O) groups excluding carboxylic acids is 9. The summed E-state index contributed by atoms with van der Waals surface area (Å²) in [7, 11) is 3.14. The number of halogens is 1. The van der Waals surface area contributed by atoms with Crippen LogP contribution in [-0.4, -0.2) is 145 Å². The molecule has 3 atom stereocenters. The Labute approximate surface area is 494 Å². The van der Waals surface area contributed by atoms with Gasteiger partial charge in [0.25, 0.3) is 5.56 Å². The summed E-state index contributed by atoms with van der Waals surface area (Å²) >= 11 is 0. The number of carboxylic acids is 1. The Kier molecular flexibility index (Phi) is 30.4. The minimum Gasteiger partial charge on any atom is -0.480 e. The van der Waals surface area contributed by atoms with E-state index in [4.69, 9.17) is 25.3 Å². The number of hydrogen-bond donors (Lipinski definition) is 8. The van der Waals surface area contributed by atoms with Gasteiger partial charge in [-0.2, -0.15) is 0 Å². The van der Waals surface area contributed by atoms with Crippen LogP contribution in [0.1, 0.15) is 125 Å². The Balaban J connectivity index is 0.000000333. The molecular formula is C60H83FN10O14. The number of likely N-dealkylation sites (N-methyl/N-ethyl adjacent to an activating group) is 2. The number of aryl methyl sites for hydroxylation is 2. The number of nitrogens with two attached hydrogens (primary N) is 1. The smallest absolute Gasteiger partial charge is 0.317 e. The first-order chi connectivity index (χ1) is 40.7. The molecule has 9 N–H and O–H groups in total. The Morgan fingerprint density at radius 3 is 2.15 bits per heavy atom. The molecule has 1 aliphatic heterocycles. The molecule has 0 radical (unpaired) electrons. The number of carbonyl (C=O) groups is 10. The number of aldehydes is 1. The molecule has 2 aromatic carbocycles. The van der Waals surface area contributed by atoms with Gasteiger partial charge in [-0.3, -0.25) is 52.8 Å². The number of pyridine rings is 2. The Bertz CT molecular complexity index is 3040. The van der Waals surface area contributed by atoms with Crippen LogP contribution >= 0.6 is 0 Å². The van der Waals surface area contributed by atoms with E-state index in [1.54, 1.807) is 56.8 Å². The number of ether oxygens (including phenoxy) is 2. The summed E-state index contributed by atoms with van der Waals surface area (Å²) in [5.74, 6) is -4.26. The minimum absolute atomic E-state index is 0.0417. The highest BCUT2D eigenvalue weighted by Crippen LogP contribution is 2.42. The zero-order chi connectivity index (χ0) is 63.3. The highest BCUT2D eigenvalue weighted by atomic mass is 19.1. The molecule has 3 heterocycles. The van der Waals surface area contributed by atoms with Crippen molar-refractivity contribution in [2.24, 2.45) is 11.7 Å². The molecule has 2 aliphatic carbocycles. The van der Waals surface area contributed by atoms with Crippen molar-refractivity contribution in [3.05, 3.63) is 97.6 Å². The lowest BCUT2D eigenvalue weighted by Crippen LogP contribution is -2.51. The van der Waals surface area contributed by atoms with Gasteiger partial charge in [-0.25, -0.2) is 9.37 Å². The summed E-state index contributed by atoms with van der Waals surface area (Å²) < 4.78 is 27.0. The number of carboxylic acid groups (broad SMARTS) is 1. The van der Waals surface area contributed by atoms with E-state index in [0.29, 0.717) is 66.2 Å². The van der Waals surface area contributed by atoms with E-state index >= 15 is 0 Å². The van der Waals surface area contributed by atoms with Gasteiger partial charge in [-0.05, 0) is 92.8 Å². The van der Waals surface area contributed by atoms with E-state index in [2.05, 4.69) is 31.9 Å². The lowest BCUT2D eigenvalue weighted by atomic mass is 9.85. The van der Waals surface area contributed by atoms with E-state index in [1.165, 1.54) is 18.6 Å². The van der Waals surface area contributed by atoms with Gasteiger partial charge in [0.1, 0.15) is 37.5 Å². The van der Waals surface area contributed by atoms with Crippen LogP contribution in [0.5, 0.6) is 0 Å². The van der Waals surface area contributed by atoms with Gasteiger partial charge in [-0.15, -0.1) is 0 Å². The molecule has 7 rings (SSSR count). The lowest BCUT2D eigenvalue weighted by molar-refractivity contribution is -0.146. The lowest BCUT2D eigenvalue weighted by Gasteiger charge is -2.21. The Morgan fingerprint density at radius 2 is 1.60 bits per heavy atom. The van der Waals surface area contributed by atoms with Gasteiger partial charge >= 0.3 is 5.97 Å². The summed E-state index contributed by atoms with van der Waals surface area (Å²) in [5.41, 5.74) is 13.3. The van der Waals surface area contributed by atoms with Crippen molar-refractivity contribution in [2.75, 3.05) is 53.6 Å². The summed E-state index contributed by atoms with van der Waals surface area (Å²) in [6.07, 6.45) is 6.84. The molecule has 0 spiro atoms. The molecular weight excluding hydrogens is 1100 g/mol. The zero-order valence-electron chi connectivity index (χ0n) is 50.1. The van der Waals surface area contributed by atoms with Gasteiger partial charge in [0.15, 0.2) is 0 Å². The average molecular weight is 1190 g/mol. The number of imide groups is 1. The van der Waals surface area contributed by atoms with E-state index in [-0.39, 0.29) is 81.5 Å². The SMILES string of the molecule is CC.CCNC(=O)CN(C(C)=O)C(=O)CC.CC[C@@H](C=O)c1cc2n(c(=O)c1COC)Cc1c-2nc2cc(F)c(C)c3c2c1CCC3.CNCC(=O)O.NC(=O)[C@H](CC1CC1)OCNC(=O)CNC(=O)C(Cc1ccccc1)NC(=O)CNC=O. The molecule has 1 fully saturated rings. The standard InChI is InChI=1S/C25H25FN2O3.C21H29N5O6.C9H16N2O3.C3H7NO2.C2H6/c1-4-14(11-29)17-8-22-24-18(10-28(22)25(30)19(17)12-31-3)16-7-5-6-15-13(2)20(26)9-21(27-24)23(15)16;22-20(30)17(9-15-6-7-15)32-13-25-18(28)11-24-21(31)16(26-19(29)10-23-12-27)8-14-4-2-1-3-5-14;1-4-9(14)11(7(3)12)6-8(13)10-5-2;1-4-2-3(5)6;1-2/h8-9,11,14H,4-7,10,12H2,1-3H3;1-5,12,15-17H,6-11,13H2,(H2,22,30)(H,23,27)(H,24,31)(H,25,28)(H,26,29);4-6H2,1-3H3,(H,10,13);4H,2H2,1H3,(H,5,6);1-2H3/t14-;16?,17-;;;/m00.../s1. The van der Waals surface area contributed by atoms with Crippen LogP contribution in [0.15, 0.2) is 47.3 Å². The molecule has 3 aliphatic rings. The second kappa shape index (κ2) is 36.4. The first kappa shape index (κ1) is 71.0. The van der Waals surface area contributed by atoms with Crippen molar-refractivity contribution in [1.29, 1.82) is 0 Å². The topological polar surface area (TPSA) is 346 Å². The third-order valence-corrected chi connectivity index (χ3v) is 13.8. The van der Waals surface area contributed by atoms with E-state index < -0.39 is 47.7 Å². The molecule has 1 saturated carbocycles. The highest BCUT2D eigenvalue weighted by molar-refractivity contribution is 5.98. The summed E-state index contributed by atoms with van der Waals surface area (Å²) in [6, 6.07) is 11.5. The van der Waals surface area contributed by atoms with Crippen LogP contribution in [0.2, 0.25) is 0 Å². The number of amides is 8. The van der Waals surface area contributed by atoms with Gasteiger partial charge in [0, 0.05) is 61.9 Å². The predicted octanol–water partition coefficient (Wildman–Crippen LogP) is 2.74. The number of rotatable bonds is 26. The third-order valence-electron chi connectivity index (χ3n) is 13.8. The van der Waals surface area contributed by atoms with Crippen LogP contribution in [0.25, 0.3) is 22.3 Å². The number of aromatic nitrogens is 2. The molecule has 2 aromatic heterocycles. The van der Waals surface area contributed by atoms with E-state index in [0.717, 1.165) is 71.1 Å². The fourth-order valence-electron chi connectivity index (χ4n) is 9.39. The Hall–Kier alpha value is -8.29. The maximum Gasteiger partial charge on any atom is 0.317 e. The molecule has 25 heteroatoms. The number of primary amides is 1.